The second-order valence-electron chi connectivity index (χ2n) is 4.03. The molecule has 4 heteroatoms. The van der Waals surface area contributed by atoms with E-state index >= 15 is 0 Å². The number of hydrogen-bond acceptors (Lipinski definition) is 2. The number of carbonyl (C=O) groups excluding carboxylic acids is 1. The van der Waals surface area contributed by atoms with E-state index in [0.29, 0.717) is 6.07 Å². The Morgan fingerprint density at radius 2 is 1.79 bits per heavy atom. The zero-order chi connectivity index (χ0) is 13.7. The lowest BCUT2D eigenvalue weighted by molar-refractivity contribution is 0.0722. The van der Waals surface area contributed by atoms with E-state index in [1.165, 1.54) is 0 Å². The summed E-state index contributed by atoms with van der Waals surface area (Å²) in [4.78, 5) is 11.7. The molecule has 0 saturated heterocycles. The van der Waals surface area contributed by atoms with Crippen molar-refractivity contribution in [1.29, 1.82) is 0 Å². The van der Waals surface area contributed by atoms with Gasteiger partial charge in [0.05, 0.1) is 12.2 Å². The van der Waals surface area contributed by atoms with E-state index in [9.17, 15) is 13.6 Å². The zero-order valence-corrected chi connectivity index (χ0v) is 10.1. The van der Waals surface area contributed by atoms with Gasteiger partial charge in [-0.2, -0.15) is 0 Å². The van der Waals surface area contributed by atoms with Crippen LogP contribution in [0, 0.1) is 11.6 Å². The number of rotatable bonds is 5. The Morgan fingerprint density at radius 1 is 1.05 bits per heavy atom. The molecule has 0 aromatic heterocycles. The van der Waals surface area contributed by atoms with Crippen LogP contribution in [0.4, 0.5) is 8.78 Å². The maximum absolute atomic E-state index is 13.3. The number of benzene rings is 2. The Balaban J connectivity index is 1.91. The fraction of sp³-hybridized carbons (Fsp3) is 0.133. The molecule has 19 heavy (non-hydrogen) atoms. The lowest BCUT2D eigenvalue weighted by Gasteiger charge is -2.05. The number of ether oxygens (including phenoxy) is 1. The van der Waals surface area contributed by atoms with Crippen molar-refractivity contribution in [1.82, 2.24) is 0 Å². The summed E-state index contributed by atoms with van der Waals surface area (Å²) in [6.07, 6.45) is 0. The highest BCUT2D eigenvalue weighted by Crippen LogP contribution is 2.11. The van der Waals surface area contributed by atoms with Crippen molar-refractivity contribution in [2.45, 2.75) is 6.61 Å². The fourth-order valence-electron chi connectivity index (χ4n) is 1.63. The zero-order valence-electron chi connectivity index (χ0n) is 10.1. The lowest BCUT2D eigenvalue weighted by atomic mass is 10.1. The molecule has 0 saturated carbocycles. The first-order chi connectivity index (χ1) is 9.16. The standard InChI is InChI=1S/C15H12F2O2/c16-12-6-7-13(14(17)8-12)15(18)10-19-9-11-4-2-1-3-5-11/h1-8H,9-10H2. The molecule has 0 spiro atoms. The van der Waals surface area contributed by atoms with Crippen molar-refractivity contribution in [3.05, 3.63) is 71.3 Å². The number of halogens is 2. The number of carbonyl (C=O) groups is 1. The summed E-state index contributed by atoms with van der Waals surface area (Å²) in [7, 11) is 0. The van der Waals surface area contributed by atoms with Crippen LogP contribution in [0.25, 0.3) is 0 Å². The average molecular weight is 262 g/mol. The van der Waals surface area contributed by atoms with Gasteiger partial charge in [0.1, 0.15) is 18.2 Å². The molecule has 0 aliphatic rings. The molecule has 0 radical (unpaired) electrons. The monoisotopic (exact) mass is 262 g/mol. The topological polar surface area (TPSA) is 26.3 Å². The largest absolute Gasteiger partial charge is 0.369 e. The maximum Gasteiger partial charge on any atom is 0.191 e. The van der Waals surface area contributed by atoms with Gasteiger partial charge in [-0.1, -0.05) is 30.3 Å². The molecule has 2 nitrogen and oxygen atoms in total. The Labute approximate surface area is 109 Å². The first-order valence-corrected chi connectivity index (χ1v) is 5.77. The van der Waals surface area contributed by atoms with Crippen LogP contribution >= 0.6 is 0 Å². The van der Waals surface area contributed by atoms with Crippen molar-refractivity contribution in [2.75, 3.05) is 6.61 Å². The molecule has 2 aromatic rings. The normalized spacial score (nSPS) is 10.4. The number of hydrogen-bond donors (Lipinski definition) is 0. The average Bonchev–Trinajstić information content (AvgIpc) is 2.39. The lowest BCUT2D eigenvalue weighted by Crippen LogP contribution is -2.11. The predicted molar refractivity (Wildman–Crippen MR) is 66.8 cm³/mol. The molecule has 0 heterocycles. The van der Waals surface area contributed by atoms with Crippen molar-refractivity contribution >= 4 is 5.78 Å². The highest BCUT2D eigenvalue weighted by Gasteiger charge is 2.12. The van der Waals surface area contributed by atoms with Crippen LogP contribution in [0.3, 0.4) is 0 Å². The Hall–Kier alpha value is -2.07. The maximum atomic E-state index is 13.3. The fourth-order valence-corrected chi connectivity index (χ4v) is 1.63. The van der Waals surface area contributed by atoms with E-state index in [2.05, 4.69) is 0 Å². The molecule has 0 amide bonds. The van der Waals surface area contributed by atoms with E-state index in [0.717, 1.165) is 17.7 Å². The molecule has 98 valence electrons. The number of ketones is 1. The van der Waals surface area contributed by atoms with Gasteiger partial charge >= 0.3 is 0 Å². The first-order valence-electron chi connectivity index (χ1n) is 5.77. The summed E-state index contributed by atoms with van der Waals surface area (Å²) in [6.45, 7) is 0.0346. The molecule has 2 aromatic carbocycles. The predicted octanol–water partition coefficient (Wildman–Crippen LogP) is 3.36. The van der Waals surface area contributed by atoms with Crippen molar-refractivity contribution in [2.24, 2.45) is 0 Å². The molecule has 0 aliphatic heterocycles. The second-order valence-corrected chi connectivity index (χ2v) is 4.03. The highest BCUT2D eigenvalue weighted by molar-refractivity contribution is 5.97. The minimum atomic E-state index is -0.867. The summed E-state index contributed by atoms with van der Waals surface area (Å²) < 4.78 is 31.2. The molecule has 2 rings (SSSR count). The van der Waals surface area contributed by atoms with Crippen LogP contribution in [-0.2, 0) is 11.3 Å². The van der Waals surface area contributed by atoms with Gasteiger partial charge in [0.15, 0.2) is 5.78 Å². The van der Waals surface area contributed by atoms with Crippen molar-refractivity contribution in [3.8, 4) is 0 Å². The molecular weight excluding hydrogens is 250 g/mol. The van der Waals surface area contributed by atoms with Gasteiger partial charge in [-0.15, -0.1) is 0 Å². The number of Topliss-reactive ketones (excluding diaryl/α,β-unsaturated/α-hetero) is 1. The van der Waals surface area contributed by atoms with Gasteiger partial charge < -0.3 is 4.74 Å². The Morgan fingerprint density at radius 3 is 2.47 bits per heavy atom. The van der Waals surface area contributed by atoms with Crippen LogP contribution in [0.5, 0.6) is 0 Å². The van der Waals surface area contributed by atoms with Crippen LogP contribution in [0.1, 0.15) is 15.9 Å². The second kappa shape index (κ2) is 6.20. The third kappa shape index (κ3) is 3.69. The molecule has 0 bridgehead atoms. The highest BCUT2D eigenvalue weighted by atomic mass is 19.1. The van der Waals surface area contributed by atoms with Crippen LogP contribution in [0.2, 0.25) is 0 Å². The third-order valence-corrected chi connectivity index (χ3v) is 2.58. The first kappa shape index (κ1) is 13.4. The summed E-state index contributed by atoms with van der Waals surface area (Å²) >= 11 is 0. The van der Waals surface area contributed by atoms with Crippen molar-refractivity contribution < 1.29 is 18.3 Å². The third-order valence-electron chi connectivity index (χ3n) is 2.58. The van der Waals surface area contributed by atoms with Crippen LogP contribution in [-0.4, -0.2) is 12.4 Å². The van der Waals surface area contributed by atoms with Crippen LogP contribution in [0.15, 0.2) is 48.5 Å². The van der Waals surface area contributed by atoms with E-state index < -0.39 is 17.4 Å². The molecule has 0 unspecified atom stereocenters. The van der Waals surface area contributed by atoms with E-state index in [4.69, 9.17) is 4.74 Å². The molecule has 0 N–H and O–H groups in total. The van der Waals surface area contributed by atoms with Gasteiger partial charge in [-0.05, 0) is 17.7 Å². The molecule has 0 fully saturated rings. The Bertz CT molecular complexity index is 568. The molecular formula is C15H12F2O2. The molecule has 0 aliphatic carbocycles. The van der Waals surface area contributed by atoms with E-state index in [-0.39, 0.29) is 18.8 Å². The van der Waals surface area contributed by atoms with Gasteiger partial charge in [0, 0.05) is 6.07 Å². The molecule has 0 atom stereocenters. The Kier molecular flexibility index (Phi) is 4.36. The van der Waals surface area contributed by atoms with Crippen molar-refractivity contribution in [3.63, 3.8) is 0 Å². The van der Waals surface area contributed by atoms with Gasteiger partial charge in [-0.25, -0.2) is 8.78 Å². The van der Waals surface area contributed by atoms with Crippen LogP contribution < -0.4 is 0 Å². The SMILES string of the molecule is O=C(COCc1ccccc1)c1ccc(F)cc1F. The minimum absolute atomic E-state index is 0.158. The van der Waals surface area contributed by atoms with Gasteiger partial charge in [0.25, 0.3) is 0 Å². The van der Waals surface area contributed by atoms with Gasteiger partial charge in [0.2, 0.25) is 0 Å². The van der Waals surface area contributed by atoms with E-state index in [1.807, 2.05) is 30.3 Å². The van der Waals surface area contributed by atoms with E-state index in [1.54, 1.807) is 0 Å². The summed E-state index contributed by atoms with van der Waals surface area (Å²) in [5.74, 6) is -2.08. The summed E-state index contributed by atoms with van der Waals surface area (Å²) in [6, 6.07) is 12.2. The summed E-state index contributed by atoms with van der Waals surface area (Å²) in [5.41, 5.74) is 0.768. The summed E-state index contributed by atoms with van der Waals surface area (Å²) in [5, 5.41) is 0. The minimum Gasteiger partial charge on any atom is -0.369 e. The smallest absolute Gasteiger partial charge is 0.191 e. The van der Waals surface area contributed by atoms with Gasteiger partial charge in [-0.3, -0.25) is 4.79 Å². The quantitative estimate of drug-likeness (QED) is 0.772.